The zero-order chi connectivity index (χ0) is 15.6. The third-order valence-electron chi connectivity index (χ3n) is 4.79. The van der Waals surface area contributed by atoms with Gasteiger partial charge in [0.15, 0.2) is 0 Å². The molecule has 1 aliphatic carbocycles. The highest BCUT2D eigenvalue weighted by molar-refractivity contribution is 5.93. The number of nitrogens with one attached hydrogen (secondary N) is 1. The lowest BCUT2D eigenvalue weighted by Gasteiger charge is -2.17. The van der Waals surface area contributed by atoms with Crippen LogP contribution in [0.1, 0.15) is 31.5 Å². The number of carbonyl (C=O) groups is 1. The van der Waals surface area contributed by atoms with Gasteiger partial charge < -0.3 is 9.88 Å². The molecule has 1 atom stereocenters. The summed E-state index contributed by atoms with van der Waals surface area (Å²) in [5.41, 5.74) is 3.14. The van der Waals surface area contributed by atoms with Gasteiger partial charge in [-0.2, -0.15) is 0 Å². The van der Waals surface area contributed by atoms with E-state index < -0.39 is 0 Å². The third-order valence-corrected chi connectivity index (χ3v) is 4.79. The number of rotatable bonds is 3. The normalized spacial score (nSPS) is 19.6. The van der Waals surface area contributed by atoms with Crippen molar-refractivity contribution in [2.45, 2.75) is 38.6 Å². The molecule has 1 N–H and O–H groups in total. The zero-order valence-electron chi connectivity index (χ0n) is 13.2. The van der Waals surface area contributed by atoms with E-state index in [4.69, 9.17) is 0 Å². The minimum atomic E-state index is 0.0999. The first-order valence-electron chi connectivity index (χ1n) is 8.42. The predicted molar refractivity (Wildman–Crippen MR) is 91.1 cm³/mol. The summed E-state index contributed by atoms with van der Waals surface area (Å²) in [6.07, 6.45) is 11.2. The number of carbonyl (C=O) groups excluding carboxylic acids is 1. The van der Waals surface area contributed by atoms with E-state index in [0.717, 1.165) is 49.2 Å². The first kappa shape index (κ1) is 14.2. The lowest BCUT2D eigenvalue weighted by Crippen LogP contribution is -2.23. The van der Waals surface area contributed by atoms with Gasteiger partial charge in [0.1, 0.15) is 5.82 Å². The van der Waals surface area contributed by atoms with Crippen LogP contribution in [0, 0.1) is 5.92 Å². The number of benzene rings is 1. The number of nitrogens with zero attached hydrogens (tertiary/aromatic N) is 2. The molecule has 1 aromatic heterocycles. The molecule has 0 bridgehead atoms. The van der Waals surface area contributed by atoms with E-state index in [1.807, 2.05) is 18.3 Å². The van der Waals surface area contributed by atoms with Gasteiger partial charge in [0.25, 0.3) is 0 Å². The summed E-state index contributed by atoms with van der Waals surface area (Å²) in [6.45, 7) is 1.04. The lowest BCUT2D eigenvalue weighted by molar-refractivity contribution is -0.120. The van der Waals surface area contributed by atoms with Crippen LogP contribution < -0.4 is 5.32 Å². The number of aryl methyl sites for hydroxylation is 1. The Morgan fingerprint density at radius 3 is 3.13 bits per heavy atom. The monoisotopic (exact) mass is 307 g/mol. The van der Waals surface area contributed by atoms with Gasteiger partial charge in [0.2, 0.25) is 5.91 Å². The first-order chi connectivity index (χ1) is 11.3. The summed E-state index contributed by atoms with van der Waals surface area (Å²) < 4.78 is 2.28. The maximum atomic E-state index is 12.4. The average molecular weight is 307 g/mol. The summed E-state index contributed by atoms with van der Waals surface area (Å²) in [4.78, 5) is 16.9. The SMILES string of the molecule is O=C(Nc1cccc(-c2cnc3n2CCC3)c1)[C@@H]1CC=CCC1. The Morgan fingerprint density at radius 2 is 2.26 bits per heavy atom. The number of fused-ring (bicyclic) bond motifs is 1. The van der Waals surface area contributed by atoms with Crippen LogP contribution >= 0.6 is 0 Å². The van der Waals surface area contributed by atoms with Crippen LogP contribution in [0.4, 0.5) is 5.69 Å². The second kappa shape index (κ2) is 6.03. The van der Waals surface area contributed by atoms with Crippen molar-refractivity contribution in [2.75, 3.05) is 5.32 Å². The van der Waals surface area contributed by atoms with Gasteiger partial charge in [0, 0.05) is 30.1 Å². The Morgan fingerprint density at radius 1 is 1.30 bits per heavy atom. The van der Waals surface area contributed by atoms with Crippen molar-refractivity contribution in [3.63, 3.8) is 0 Å². The summed E-state index contributed by atoms with van der Waals surface area (Å²) in [5, 5.41) is 3.08. The summed E-state index contributed by atoms with van der Waals surface area (Å²) in [5.74, 6) is 1.40. The van der Waals surface area contributed by atoms with Crippen molar-refractivity contribution in [3.8, 4) is 11.3 Å². The van der Waals surface area contributed by atoms with Crippen molar-refractivity contribution in [1.82, 2.24) is 9.55 Å². The van der Waals surface area contributed by atoms with Gasteiger partial charge in [-0.25, -0.2) is 4.98 Å². The maximum absolute atomic E-state index is 12.4. The molecule has 2 aliphatic rings. The summed E-state index contributed by atoms with van der Waals surface area (Å²) in [6, 6.07) is 8.10. The Balaban J connectivity index is 1.54. The third kappa shape index (κ3) is 2.81. The van der Waals surface area contributed by atoms with Gasteiger partial charge in [-0.05, 0) is 37.8 Å². The zero-order valence-corrected chi connectivity index (χ0v) is 13.2. The minimum absolute atomic E-state index is 0.0999. The van der Waals surface area contributed by atoms with Crippen molar-refractivity contribution < 1.29 is 4.79 Å². The number of imidazole rings is 1. The quantitative estimate of drug-likeness (QED) is 0.877. The molecule has 0 fully saturated rings. The van der Waals surface area contributed by atoms with Crippen LogP contribution in [0.2, 0.25) is 0 Å². The van der Waals surface area contributed by atoms with Crippen molar-refractivity contribution in [3.05, 3.63) is 48.4 Å². The minimum Gasteiger partial charge on any atom is -0.328 e. The van der Waals surface area contributed by atoms with E-state index in [-0.39, 0.29) is 11.8 Å². The van der Waals surface area contributed by atoms with Crippen LogP contribution in [0.3, 0.4) is 0 Å². The predicted octanol–water partition coefficient (Wildman–Crippen LogP) is 3.79. The van der Waals surface area contributed by atoms with Crippen LogP contribution in [0.15, 0.2) is 42.6 Å². The van der Waals surface area contributed by atoms with Crippen LogP contribution in [-0.4, -0.2) is 15.5 Å². The maximum Gasteiger partial charge on any atom is 0.227 e. The number of hydrogen-bond acceptors (Lipinski definition) is 2. The van der Waals surface area contributed by atoms with Crippen molar-refractivity contribution in [2.24, 2.45) is 5.92 Å². The van der Waals surface area contributed by atoms with Gasteiger partial charge in [-0.1, -0.05) is 24.3 Å². The molecule has 0 saturated heterocycles. The molecule has 0 unspecified atom stereocenters. The number of aromatic nitrogens is 2. The molecule has 2 aromatic rings. The molecule has 2 heterocycles. The molecule has 4 rings (SSSR count). The Kier molecular flexibility index (Phi) is 3.74. The molecule has 4 heteroatoms. The number of hydrogen-bond donors (Lipinski definition) is 1. The first-order valence-corrected chi connectivity index (χ1v) is 8.42. The molecule has 1 aliphatic heterocycles. The van der Waals surface area contributed by atoms with E-state index >= 15 is 0 Å². The summed E-state index contributed by atoms with van der Waals surface area (Å²) in [7, 11) is 0. The van der Waals surface area contributed by atoms with E-state index in [0.29, 0.717) is 0 Å². The molecule has 0 radical (unpaired) electrons. The lowest BCUT2D eigenvalue weighted by atomic mass is 9.93. The Hall–Kier alpha value is -2.36. The van der Waals surface area contributed by atoms with Gasteiger partial charge in [-0.15, -0.1) is 0 Å². The second-order valence-electron chi connectivity index (χ2n) is 6.37. The largest absolute Gasteiger partial charge is 0.328 e. The van der Waals surface area contributed by atoms with Crippen molar-refractivity contribution in [1.29, 1.82) is 0 Å². The highest BCUT2D eigenvalue weighted by Gasteiger charge is 2.20. The molecule has 1 amide bonds. The number of amides is 1. The van der Waals surface area contributed by atoms with Gasteiger partial charge in [-0.3, -0.25) is 4.79 Å². The summed E-state index contributed by atoms with van der Waals surface area (Å²) >= 11 is 0. The fraction of sp³-hybridized carbons (Fsp3) is 0.368. The van der Waals surface area contributed by atoms with E-state index in [1.54, 1.807) is 0 Å². The van der Waals surface area contributed by atoms with Gasteiger partial charge in [0.05, 0.1) is 11.9 Å². The number of allylic oxidation sites excluding steroid dienone is 2. The highest BCUT2D eigenvalue weighted by atomic mass is 16.1. The molecule has 4 nitrogen and oxygen atoms in total. The highest BCUT2D eigenvalue weighted by Crippen LogP contribution is 2.28. The van der Waals surface area contributed by atoms with Crippen molar-refractivity contribution >= 4 is 11.6 Å². The molecule has 118 valence electrons. The Bertz CT molecular complexity index is 760. The topological polar surface area (TPSA) is 46.9 Å². The Labute approximate surface area is 136 Å². The molecular weight excluding hydrogens is 286 g/mol. The van der Waals surface area contributed by atoms with Gasteiger partial charge >= 0.3 is 0 Å². The average Bonchev–Trinajstić information content (AvgIpc) is 3.19. The van der Waals surface area contributed by atoms with E-state index in [9.17, 15) is 4.79 Å². The fourth-order valence-electron chi connectivity index (χ4n) is 3.52. The second-order valence-corrected chi connectivity index (χ2v) is 6.37. The fourth-order valence-corrected chi connectivity index (χ4v) is 3.52. The van der Waals surface area contributed by atoms with Crippen LogP contribution in [0.5, 0.6) is 0 Å². The standard InChI is InChI=1S/C19H21N3O/c23-19(14-6-2-1-3-7-14)21-16-9-4-8-15(12-16)17-13-20-18-10-5-11-22(17)18/h1-2,4,8-9,12-14H,3,5-7,10-11H2,(H,21,23)/t14-/m1/s1. The number of anilines is 1. The van der Waals surface area contributed by atoms with Crippen LogP contribution in [-0.2, 0) is 17.8 Å². The van der Waals surface area contributed by atoms with Crippen LogP contribution in [0.25, 0.3) is 11.3 Å². The molecular formula is C19H21N3O. The van der Waals surface area contributed by atoms with E-state index in [1.165, 1.54) is 12.2 Å². The smallest absolute Gasteiger partial charge is 0.227 e. The van der Waals surface area contributed by atoms with E-state index in [2.05, 4.69) is 39.2 Å². The molecule has 0 spiro atoms. The molecule has 23 heavy (non-hydrogen) atoms. The molecule has 1 aromatic carbocycles. The molecule has 0 saturated carbocycles.